The fraction of sp³-hybridized carbons (Fsp3) is 0.111. The first-order valence-corrected chi connectivity index (χ1v) is 7.37. The van der Waals surface area contributed by atoms with Crippen LogP contribution in [-0.2, 0) is 16.0 Å². The Morgan fingerprint density at radius 1 is 1.09 bits per heavy atom. The second kappa shape index (κ2) is 7.61. The number of hydrogen-bond donors (Lipinski definition) is 2. The molecule has 0 spiro atoms. The second-order valence-corrected chi connectivity index (χ2v) is 5.48. The van der Waals surface area contributed by atoms with Gasteiger partial charge in [0.15, 0.2) is 0 Å². The summed E-state index contributed by atoms with van der Waals surface area (Å²) in [7, 11) is 0. The van der Waals surface area contributed by atoms with Crippen molar-refractivity contribution in [1.82, 2.24) is 5.32 Å². The number of carbonyl (C=O) groups is 2. The van der Waals surface area contributed by atoms with E-state index in [0.717, 1.165) is 5.56 Å². The van der Waals surface area contributed by atoms with Gasteiger partial charge in [-0.3, -0.25) is 4.79 Å². The standard InChI is InChI=1S/C18H16ClNO3/c1-12(14-5-3-2-4-6-14)17(21)20-16(18(22)23)11-13-7-9-15(19)10-8-13/h2-10,16H,1,11H2,(H,20,21)(H,22,23). The molecule has 118 valence electrons. The summed E-state index contributed by atoms with van der Waals surface area (Å²) in [5.74, 6) is -1.60. The van der Waals surface area contributed by atoms with E-state index < -0.39 is 17.9 Å². The zero-order valence-electron chi connectivity index (χ0n) is 12.3. The number of benzene rings is 2. The van der Waals surface area contributed by atoms with Crippen LogP contribution < -0.4 is 5.32 Å². The largest absolute Gasteiger partial charge is 0.480 e. The van der Waals surface area contributed by atoms with Crippen LogP contribution in [0.15, 0.2) is 61.2 Å². The predicted molar refractivity (Wildman–Crippen MR) is 90.2 cm³/mol. The van der Waals surface area contributed by atoms with E-state index in [9.17, 15) is 14.7 Å². The van der Waals surface area contributed by atoms with E-state index in [2.05, 4.69) is 11.9 Å². The number of carboxylic acid groups (broad SMARTS) is 1. The van der Waals surface area contributed by atoms with Gasteiger partial charge in [-0.1, -0.05) is 60.6 Å². The molecule has 0 bridgehead atoms. The van der Waals surface area contributed by atoms with Gasteiger partial charge in [-0.2, -0.15) is 0 Å². The van der Waals surface area contributed by atoms with Crippen LogP contribution in [0.5, 0.6) is 0 Å². The molecular weight excluding hydrogens is 314 g/mol. The highest BCUT2D eigenvalue weighted by Gasteiger charge is 2.22. The Labute approximate surface area is 139 Å². The number of hydrogen-bond acceptors (Lipinski definition) is 2. The molecule has 2 N–H and O–H groups in total. The molecule has 0 saturated heterocycles. The molecule has 0 radical (unpaired) electrons. The number of nitrogens with one attached hydrogen (secondary N) is 1. The summed E-state index contributed by atoms with van der Waals surface area (Å²) in [5.41, 5.74) is 1.65. The lowest BCUT2D eigenvalue weighted by molar-refractivity contribution is -0.141. The lowest BCUT2D eigenvalue weighted by Gasteiger charge is -2.16. The van der Waals surface area contributed by atoms with E-state index >= 15 is 0 Å². The number of carboxylic acids is 1. The number of rotatable bonds is 6. The van der Waals surface area contributed by atoms with E-state index in [0.29, 0.717) is 10.6 Å². The summed E-state index contributed by atoms with van der Waals surface area (Å²) in [5, 5.41) is 12.4. The summed E-state index contributed by atoms with van der Waals surface area (Å²) in [6.45, 7) is 3.73. The van der Waals surface area contributed by atoms with Gasteiger partial charge in [-0.15, -0.1) is 0 Å². The van der Waals surface area contributed by atoms with Crippen molar-refractivity contribution < 1.29 is 14.7 Å². The molecule has 5 heteroatoms. The third kappa shape index (κ3) is 4.69. The maximum Gasteiger partial charge on any atom is 0.326 e. The smallest absolute Gasteiger partial charge is 0.326 e. The molecule has 0 aliphatic carbocycles. The Bertz CT molecular complexity index is 711. The molecule has 0 saturated carbocycles. The molecule has 0 aliphatic rings. The van der Waals surface area contributed by atoms with E-state index in [-0.39, 0.29) is 12.0 Å². The van der Waals surface area contributed by atoms with Crippen LogP contribution in [0.25, 0.3) is 5.57 Å². The Morgan fingerprint density at radius 3 is 2.26 bits per heavy atom. The fourth-order valence-electron chi connectivity index (χ4n) is 2.07. The molecule has 1 unspecified atom stereocenters. The highest BCUT2D eigenvalue weighted by molar-refractivity contribution is 6.30. The average molecular weight is 330 g/mol. The summed E-state index contributed by atoms with van der Waals surface area (Å²) in [4.78, 5) is 23.6. The first-order valence-electron chi connectivity index (χ1n) is 7.00. The molecule has 0 heterocycles. The van der Waals surface area contributed by atoms with E-state index in [1.165, 1.54) is 0 Å². The number of carbonyl (C=O) groups excluding carboxylic acids is 1. The van der Waals surface area contributed by atoms with E-state index in [1.807, 2.05) is 6.07 Å². The van der Waals surface area contributed by atoms with Crippen LogP contribution in [0.1, 0.15) is 11.1 Å². The van der Waals surface area contributed by atoms with Crippen LogP contribution in [0, 0.1) is 0 Å². The Morgan fingerprint density at radius 2 is 1.70 bits per heavy atom. The summed E-state index contributed by atoms with van der Waals surface area (Å²) in [6, 6.07) is 14.7. The topological polar surface area (TPSA) is 66.4 Å². The van der Waals surface area contributed by atoms with Gasteiger partial charge in [0.2, 0.25) is 0 Å². The summed E-state index contributed by atoms with van der Waals surface area (Å²) >= 11 is 5.81. The van der Waals surface area contributed by atoms with Crippen LogP contribution in [-0.4, -0.2) is 23.0 Å². The minimum atomic E-state index is -1.10. The molecule has 4 nitrogen and oxygen atoms in total. The Balaban J connectivity index is 2.07. The predicted octanol–water partition coefficient (Wildman–Crippen LogP) is 3.17. The van der Waals surface area contributed by atoms with E-state index in [1.54, 1.807) is 48.5 Å². The second-order valence-electron chi connectivity index (χ2n) is 5.04. The molecule has 0 aromatic heterocycles. The average Bonchev–Trinajstić information content (AvgIpc) is 2.56. The van der Waals surface area contributed by atoms with Crippen molar-refractivity contribution in [2.24, 2.45) is 0 Å². The molecule has 2 aromatic rings. The molecule has 1 amide bonds. The first kappa shape index (κ1) is 16.8. The molecule has 1 atom stereocenters. The zero-order valence-corrected chi connectivity index (χ0v) is 13.1. The van der Waals surface area contributed by atoms with Gasteiger partial charge >= 0.3 is 5.97 Å². The lowest BCUT2D eigenvalue weighted by Crippen LogP contribution is -2.42. The highest BCUT2D eigenvalue weighted by Crippen LogP contribution is 2.14. The normalized spacial score (nSPS) is 11.5. The maximum absolute atomic E-state index is 12.2. The van der Waals surface area contributed by atoms with Crippen molar-refractivity contribution in [1.29, 1.82) is 0 Å². The number of aliphatic carboxylic acids is 1. The highest BCUT2D eigenvalue weighted by atomic mass is 35.5. The first-order chi connectivity index (χ1) is 11.0. The van der Waals surface area contributed by atoms with Gasteiger partial charge in [-0.05, 0) is 23.3 Å². The number of halogens is 1. The molecule has 2 aromatic carbocycles. The fourth-order valence-corrected chi connectivity index (χ4v) is 2.20. The quantitative estimate of drug-likeness (QED) is 0.800. The van der Waals surface area contributed by atoms with Crippen molar-refractivity contribution in [3.05, 3.63) is 77.3 Å². The van der Waals surface area contributed by atoms with Crippen molar-refractivity contribution >= 4 is 29.1 Å². The van der Waals surface area contributed by atoms with Crippen LogP contribution >= 0.6 is 11.6 Å². The Kier molecular flexibility index (Phi) is 5.55. The summed E-state index contributed by atoms with van der Waals surface area (Å²) in [6.07, 6.45) is 0.167. The van der Waals surface area contributed by atoms with Crippen LogP contribution in [0.3, 0.4) is 0 Å². The minimum absolute atomic E-state index is 0.167. The van der Waals surface area contributed by atoms with Crippen molar-refractivity contribution in [3.8, 4) is 0 Å². The lowest BCUT2D eigenvalue weighted by atomic mass is 10.0. The molecule has 0 fully saturated rings. The molecular formula is C18H16ClNO3. The zero-order chi connectivity index (χ0) is 16.8. The third-order valence-electron chi connectivity index (χ3n) is 3.35. The van der Waals surface area contributed by atoms with E-state index in [4.69, 9.17) is 11.6 Å². The van der Waals surface area contributed by atoms with Gasteiger partial charge in [0, 0.05) is 17.0 Å². The molecule has 2 rings (SSSR count). The van der Waals surface area contributed by atoms with Crippen LogP contribution in [0.2, 0.25) is 5.02 Å². The van der Waals surface area contributed by atoms with Crippen LogP contribution in [0.4, 0.5) is 0 Å². The minimum Gasteiger partial charge on any atom is -0.480 e. The van der Waals surface area contributed by atoms with Gasteiger partial charge < -0.3 is 10.4 Å². The maximum atomic E-state index is 12.2. The van der Waals surface area contributed by atoms with Gasteiger partial charge in [0.05, 0.1) is 0 Å². The van der Waals surface area contributed by atoms with Gasteiger partial charge in [0.25, 0.3) is 5.91 Å². The number of amides is 1. The van der Waals surface area contributed by atoms with Crippen molar-refractivity contribution in [3.63, 3.8) is 0 Å². The monoisotopic (exact) mass is 329 g/mol. The SMILES string of the molecule is C=C(C(=O)NC(Cc1ccc(Cl)cc1)C(=O)O)c1ccccc1. The van der Waals surface area contributed by atoms with Gasteiger partial charge in [0.1, 0.15) is 6.04 Å². The Hall–Kier alpha value is -2.59. The molecule has 0 aliphatic heterocycles. The summed E-state index contributed by atoms with van der Waals surface area (Å²) < 4.78 is 0. The third-order valence-corrected chi connectivity index (χ3v) is 3.60. The van der Waals surface area contributed by atoms with Crippen molar-refractivity contribution in [2.45, 2.75) is 12.5 Å². The van der Waals surface area contributed by atoms with Crippen molar-refractivity contribution in [2.75, 3.05) is 0 Å². The molecule has 23 heavy (non-hydrogen) atoms. The van der Waals surface area contributed by atoms with Gasteiger partial charge in [-0.25, -0.2) is 4.79 Å².